The molecule has 1 aromatic rings. The molecule has 110 valence electrons. The summed E-state index contributed by atoms with van der Waals surface area (Å²) in [7, 11) is 1.75. The van der Waals surface area contributed by atoms with Gasteiger partial charge in [0.1, 0.15) is 5.75 Å². The average molecular weight is 273 g/mol. The lowest BCUT2D eigenvalue weighted by Crippen LogP contribution is -2.36. The predicted octanol–water partition coefficient (Wildman–Crippen LogP) is 4.29. The van der Waals surface area contributed by atoms with E-state index in [0.29, 0.717) is 6.04 Å². The van der Waals surface area contributed by atoms with Gasteiger partial charge in [-0.3, -0.25) is 0 Å². The Morgan fingerprint density at radius 1 is 1.10 bits per heavy atom. The van der Waals surface area contributed by atoms with Crippen molar-refractivity contribution >= 4 is 0 Å². The third kappa shape index (κ3) is 3.01. The first-order chi connectivity index (χ1) is 9.81. The molecule has 2 nitrogen and oxygen atoms in total. The van der Waals surface area contributed by atoms with Crippen LogP contribution in [0.5, 0.6) is 5.75 Å². The number of ether oxygens (including phenoxy) is 1. The molecule has 0 aromatic heterocycles. The number of nitrogens with one attached hydrogen (secondary N) is 1. The van der Waals surface area contributed by atoms with Crippen LogP contribution in [0.2, 0.25) is 0 Å². The summed E-state index contributed by atoms with van der Waals surface area (Å²) in [6, 6.07) is 9.03. The van der Waals surface area contributed by atoms with Crippen LogP contribution in [0.1, 0.15) is 56.9 Å². The van der Waals surface area contributed by atoms with Crippen molar-refractivity contribution in [2.24, 2.45) is 5.41 Å². The molecule has 1 N–H and O–H groups in total. The quantitative estimate of drug-likeness (QED) is 0.883. The average Bonchev–Trinajstić information content (AvgIpc) is 2.95. The van der Waals surface area contributed by atoms with Crippen molar-refractivity contribution in [3.63, 3.8) is 0 Å². The molecule has 3 rings (SSSR count). The molecule has 0 aliphatic heterocycles. The molecular weight excluding hydrogens is 246 g/mol. The van der Waals surface area contributed by atoms with E-state index in [-0.39, 0.29) is 0 Å². The van der Waals surface area contributed by atoms with Gasteiger partial charge in [-0.05, 0) is 50.0 Å². The van der Waals surface area contributed by atoms with E-state index < -0.39 is 0 Å². The zero-order valence-electron chi connectivity index (χ0n) is 12.7. The molecular formula is C18H27NO. The lowest BCUT2D eigenvalue weighted by Gasteiger charge is -2.37. The second-order valence-electron chi connectivity index (χ2n) is 6.67. The molecule has 20 heavy (non-hydrogen) atoms. The number of hydrogen-bond acceptors (Lipinski definition) is 2. The van der Waals surface area contributed by atoms with Gasteiger partial charge in [0.15, 0.2) is 0 Å². The standard InChI is InChI=1S/C18H27NO/c1-20-17-7-3-2-6-15(17)14-19-16-8-12-18(13-9-16)10-4-5-11-18/h2-3,6-7,16,19H,4-5,8-14H2,1H3. The van der Waals surface area contributed by atoms with Gasteiger partial charge in [0.2, 0.25) is 0 Å². The fourth-order valence-electron chi connectivity index (χ4n) is 4.16. The van der Waals surface area contributed by atoms with Crippen LogP contribution >= 0.6 is 0 Å². The molecule has 1 aromatic carbocycles. The van der Waals surface area contributed by atoms with Gasteiger partial charge in [-0.25, -0.2) is 0 Å². The molecule has 1 spiro atoms. The van der Waals surface area contributed by atoms with E-state index in [9.17, 15) is 0 Å². The van der Waals surface area contributed by atoms with Crippen molar-refractivity contribution in [1.82, 2.24) is 5.32 Å². The van der Waals surface area contributed by atoms with Crippen molar-refractivity contribution in [2.75, 3.05) is 7.11 Å². The normalized spacial score (nSPS) is 22.2. The van der Waals surface area contributed by atoms with E-state index in [1.54, 1.807) is 7.11 Å². The van der Waals surface area contributed by atoms with Crippen molar-refractivity contribution in [3.8, 4) is 5.75 Å². The second kappa shape index (κ2) is 6.17. The Bertz CT molecular complexity index is 427. The summed E-state index contributed by atoms with van der Waals surface area (Å²) >= 11 is 0. The maximum atomic E-state index is 5.42. The van der Waals surface area contributed by atoms with Crippen LogP contribution in [0.4, 0.5) is 0 Å². The highest BCUT2D eigenvalue weighted by atomic mass is 16.5. The molecule has 0 radical (unpaired) electrons. The van der Waals surface area contributed by atoms with Crippen LogP contribution < -0.4 is 10.1 Å². The Labute approximate surface area is 122 Å². The Morgan fingerprint density at radius 3 is 2.50 bits per heavy atom. The van der Waals surface area contributed by atoms with Gasteiger partial charge in [-0.2, -0.15) is 0 Å². The molecule has 0 heterocycles. The summed E-state index contributed by atoms with van der Waals surface area (Å²) in [6.45, 7) is 0.932. The summed E-state index contributed by atoms with van der Waals surface area (Å²) in [6.07, 6.45) is 11.5. The maximum absolute atomic E-state index is 5.42. The van der Waals surface area contributed by atoms with Gasteiger partial charge < -0.3 is 10.1 Å². The van der Waals surface area contributed by atoms with Crippen LogP contribution in [0.3, 0.4) is 0 Å². The maximum Gasteiger partial charge on any atom is 0.123 e. The number of benzene rings is 1. The first-order valence-electron chi connectivity index (χ1n) is 8.17. The minimum absolute atomic E-state index is 0.700. The monoisotopic (exact) mass is 273 g/mol. The summed E-state index contributed by atoms with van der Waals surface area (Å²) in [5.41, 5.74) is 2.01. The van der Waals surface area contributed by atoms with Gasteiger partial charge in [0.05, 0.1) is 7.11 Å². The van der Waals surface area contributed by atoms with E-state index in [0.717, 1.165) is 17.7 Å². The molecule has 2 aliphatic carbocycles. The fraction of sp³-hybridized carbons (Fsp3) is 0.667. The largest absolute Gasteiger partial charge is 0.496 e. The van der Waals surface area contributed by atoms with Gasteiger partial charge in [0.25, 0.3) is 0 Å². The highest BCUT2D eigenvalue weighted by Gasteiger charge is 2.37. The van der Waals surface area contributed by atoms with Gasteiger partial charge in [-0.15, -0.1) is 0 Å². The van der Waals surface area contributed by atoms with E-state index in [1.807, 2.05) is 12.1 Å². The molecule has 0 saturated heterocycles. The highest BCUT2D eigenvalue weighted by molar-refractivity contribution is 5.33. The lowest BCUT2D eigenvalue weighted by molar-refractivity contribution is 0.168. The molecule has 0 amide bonds. The summed E-state index contributed by atoms with van der Waals surface area (Å²) < 4.78 is 5.42. The molecule has 2 fully saturated rings. The first kappa shape index (κ1) is 13.9. The lowest BCUT2D eigenvalue weighted by atomic mass is 9.71. The van der Waals surface area contributed by atoms with Gasteiger partial charge >= 0.3 is 0 Å². The molecule has 2 heteroatoms. The number of rotatable bonds is 4. The molecule has 0 unspecified atom stereocenters. The summed E-state index contributed by atoms with van der Waals surface area (Å²) in [5.74, 6) is 1.00. The van der Waals surface area contributed by atoms with Gasteiger partial charge in [-0.1, -0.05) is 31.0 Å². The van der Waals surface area contributed by atoms with Crippen molar-refractivity contribution in [1.29, 1.82) is 0 Å². The van der Waals surface area contributed by atoms with Crippen molar-refractivity contribution < 1.29 is 4.74 Å². The SMILES string of the molecule is COc1ccccc1CNC1CCC2(CCCC2)CC1. The van der Waals surface area contributed by atoms with Gasteiger partial charge in [0, 0.05) is 18.2 Å². The van der Waals surface area contributed by atoms with Crippen molar-refractivity contribution in [3.05, 3.63) is 29.8 Å². The smallest absolute Gasteiger partial charge is 0.123 e. The predicted molar refractivity (Wildman–Crippen MR) is 83.0 cm³/mol. The Kier molecular flexibility index (Phi) is 4.30. The third-order valence-electron chi connectivity index (χ3n) is 5.48. The Hall–Kier alpha value is -1.02. The zero-order chi connectivity index (χ0) is 13.8. The first-order valence-corrected chi connectivity index (χ1v) is 8.17. The molecule has 2 saturated carbocycles. The number of hydrogen-bond donors (Lipinski definition) is 1. The van der Waals surface area contributed by atoms with Crippen LogP contribution in [-0.2, 0) is 6.54 Å². The van der Waals surface area contributed by atoms with Crippen LogP contribution in [0.25, 0.3) is 0 Å². The molecule has 0 atom stereocenters. The molecule has 0 bridgehead atoms. The van der Waals surface area contributed by atoms with Crippen LogP contribution in [0.15, 0.2) is 24.3 Å². The minimum Gasteiger partial charge on any atom is -0.496 e. The van der Waals surface area contributed by atoms with E-state index in [2.05, 4.69) is 17.4 Å². The third-order valence-corrected chi connectivity index (χ3v) is 5.48. The summed E-state index contributed by atoms with van der Waals surface area (Å²) in [4.78, 5) is 0. The van der Waals surface area contributed by atoms with E-state index >= 15 is 0 Å². The van der Waals surface area contributed by atoms with Crippen molar-refractivity contribution in [2.45, 2.75) is 64.0 Å². The second-order valence-corrected chi connectivity index (χ2v) is 6.67. The molecule has 2 aliphatic rings. The highest BCUT2D eigenvalue weighted by Crippen LogP contribution is 2.48. The zero-order valence-corrected chi connectivity index (χ0v) is 12.7. The van der Waals surface area contributed by atoms with Crippen LogP contribution in [-0.4, -0.2) is 13.2 Å². The van der Waals surface area contributed by atoms with E-state index in [4.69, 9.17) is 4.74 Å². The minimum atomic E-state index is 0.700. The number of para-hydroxylation sites is 1. The van der Waals surface area contributed by atoms with E-state index in [1.165, 1.54) is 56.9 Å². The fourth-order valence-corrected chi connectivity index (χ4v) is 4.16. The summed E-state index contributed by atoms with van der Waals surface area (Å²) in [5, 5.41) is 3.74. The topological polar surface area (TPSA) is 21.3 Å². The number of methoxy groups -OCH3 is 1. The van der Waals surface area contributed by atoms with Crippen LogP contribution in [0, 0.1) is 5.41 Å². The Morgan fingerprint density at radius 2 is 1.80 bits per heavy atom. The Balaban J connectivity index is 1.50.